The van der Waals surface area contributed by atoms with Gasteiger partial charge in [-0.25, -0.2) is 0 Å². The van der Waals surface area contributed by atoms with Crippen molar-refractivity contribution in [2.45, 2.75) is 76.1 Å². The molecule has 3 aliphatic rings. The van der Waals surface area contributed by atoms with Crippen molar-refractivity contribution in [1.82, 2.24) is 21.3 Å². The van der Waals surface area contributed by atoms with Gasteiger partial charge in [-0.1, -0.05) is 37.8 Å². The third kappa shape index (κ3) is 8.01. The van der Waals surface area contributed by atoms with Crippen LogP contribution >= 0.6 is 0 Å². The molecule has 4 rings (SSSR count). The maximum absolute atomic E-state index is 13.6. The molecule has 4 amide bonds. The van der Waals surface area contributed by atoms with Crippen LogP contribution in [0.4, 0.5) is 0 Å². The summed E-state index contributed by atoms with van der Waals surface area (Å²) < 4.78 is 10.4. The summed E-state index contributed by atoms with van der Waals surface area (Å²) in [6, 6.07) is 4.53. The zero-order valence-corrected chi connectivity index (χ0v) is 22.5. The number of nitrogens with one attached hydrogen (secondary N) is 4. The Morgan fingerprint density at radius 2 is 1.69 bits per heavy atom. The summed E-state index contributed by atoms with van der Waals surface area (Å²) in [6.45, 7) is 2.11. The molecule has 0 spiro atoms. The molecule has 0 aromatic heterocycles. The highest BCUT2D eigenvalue weighted by Gasteiger charge is 2.39. The Labute approximate surface area is 228 Å². The second kappa shape index (κ2) is 13.1. The Bertz CT molecular complexity index is 1070. The maximum atomic E-state index is 13.6. The van der Waals surface area contributed by atoms with Gasteiger partial charge in [-0.15, -0.1) is 0 Å². The van der Waals surface area contributed by atoms with E-state index in [2.05, 4.69) is 21.3 Å². The molecule has 2 saturated heterocycles. The lowest BCUT2D eigenvalue weighted by Crippen LogP contribution is -2.56. The maximum Gasteiger partial charge on any atom is 0.243 e. The number of hydrogen-bond acceptors (Lipinski definition) is 7. The van der Waals surface area contributed by atoms with Crippen LogP contribution in [0.25, 0.3) is 0 Å². The number of epoxide rings is 1. The molecule has 39 heavy (non-hydrogen) atoms. The van der Waals surface area contributed by atoms with Crippen molar-refractivity contribution in [3.05, 3.63) is 29.8 Å². The number of rotatable bonds is 13. The lowest BCUT2D eigenvalue weighted by Gasteiger charge is -2.26. The van der Waals surface area contributed by atoms with E-state index in [0.29, 0.717) is 24.7 Å². The van der Waals surface area contributed by atoms with Gasteiger partial charge in [-0.2, -0.15) is 0 Å². The van der Waals surface area contributed by atoms with Crippen molar-refractivity contribution in [1.29, 1.82) is 0 Å². The summed E-state index contributed by atoms with van der Waals surface area (Å²) in [4.78, 5) is 63.6. The van der Waals surface area contributed by atoms with Gasteiger partial charge in [0.15, 0.2) is 5.78 Å². The first-order chi connectivity index (χ1) is 18.7. The van der Waals surface area contributed by atoms with Crippen molar-refractivity contribution in [2.24, 2.45) is 11.8 Å². The second-order valence-electron chi connectivity index (χ2n) is 10.7. The third-order valence-electron chi connectivity index (χ3n) is 7.69. The minimum Gasteiger partial charge on any atom is -0.497 e. The number of benzene rings is 1. The van der Waals surface area contributed by atoms with Gasteiger partial charge in [0, 0.05) is 19.4 Å². The molecule has 3 fully saturated rings. The van der Waals surface area contributed by atoms with E-state index in [1.807, 2.05) is 0 Å². The number of methoxy groups -OCH3 is 1. The topological polar surface area (TPSA) is 155 Å². The van der Waals surface area contributed by atoms with Gasteiger partial charge >= 0.3 is 0 Å². The molecule has 2 aliphatic heterocycles. The van der Waals surface area contributed by atoms with Gasteiger partial charge in [-0.3, -0.25) is 24.0 Å². The Kier molecular flexibility index (Phi) is 9.55. The molecule has 0 radical (unpaired) electrons. The number of ketones is 1. The van der Waals surface area contributed by atoms with Gasteiger partial charge in [0.05, 0.1) is 25.7 Å². The first-order valence-corrected chi connectivity index (χ1v) is 13.7. The SMILES string of the molecule is COc1ccc(C[C@H](NC(=O)[C@@H](C)NC(=O)[C@H]2CNC(=O)C2)C(=O)N[C@@H](CC2CCCC2)C(=O)[C@H]2CO2)cc1. The summed E-state index contributed by atoms with van der Waals surface area (Å²) in [7, 11) is 1.56. The molecule has 1 saturated carbocycles. The van der Waals surface area contributed by atoms with Crippen molar-refractivity contribution in [3.8, 4) is 5.75 Å². The molecular formula is C28H38N4O7. The van der Waals surface area contributed by atoms with Crippen LogP contribution in [-0.2, 0) is 35.1 Å². The average Bonchev–Trinajstić information content (AvgIpc) is 3.47. The largest absolute Gasteiger partial charge is 0.497 e. The molecule has 0 unspecified atom stereocenters. The highest BCUT2D eigenvalue weighted by molar-refractivity contribution is 5.97. The quantitative estimate of drug-likeness (QED) is 0.263. The first kappa shape index (κ1) is 28.5. The normalized spacial score (nSPS) is 22.8. The van der Waals surface area contributed by atoms with Gasteiger partial charge < -0.3 is 30.7 Å². The summed E-state index contributed by atoms with van der Waals surface area (Å²) in [5.74, 6) is -1.28. The van der Waals surface area contributed by atoms with E-state index in [-0.39, 0.29) is 31.1 Å². The van der Waals surface area contributed by atoms with Crippen molar-refractivity contribution < 1.29 is 33.4 Å². The molecule has 5 atom stereocenters. The number of ether oxygens (including phenoxy) is 2. The van der Waals surface area contributed by atoms with Crippen LogP contribution in [0.5, 0.6) is 5.75 Å². The molecular weight excluding hydrogens is 504 g/mol. The van der Waals surface area contributed by atoms with Gasteiger partial charge in [0.1, 0.15) is 23.9 Å². The molecule has 1 aromatic carbocycles. The standard InChI is InChI=1S/C28H38N4O7/c1-16(30-27(36)19-13-24(33)29-14-19)26(35)32-22(12-18-7-9-20(38-2)10-8-18)28(37)31-21(25(34)23-15-39-23)11-17-5-3-4-6-17/h7-10,16-17,19,21-23H,3-6,11-15H2,1-2H3,(H,29,33)(H,30,36)(H,31,37)(H,32,35)/t16-,19-,21+,22+,23-/m1/s1. The Balaban J connectivity index is 1.44. The van der Waals surface area contributed by atoms with Gasteiger partial charge in [-0.05, 0) is 37.0 Å². The number of hydrogen-bond donors (Lipinski definition) is 4. The average molecular weight is 543 g/mol. The fraction of sp³-hybridized carbons (Fsp3) is 0.607. The molecule has 2 heterocycles. The molecule has 11 heteroatoms. The van der Waals surface area contributed by atoms with E-state index in [0.717, 1.165) is 31.2 Å². The predicted octanol–water partition coefficient (Wildman–Crippen LogP) is 0.396. The highest BCUT2D eigenvalue weighted by Crippen LogP contribution is 2.30. The Morgan fingerprint density at radius 1 is 1.03 bits per heavy atom. The van der Waals surface area contributed by atoms with Gasteiger partial charge in [0.25, 0.3) is 0 Å². The van der Waals surface area contributed by atoms with E-state index in [4.69, 9.17) is 9.47 Å². The molecule has 1 aromatic rings. The van der Waals surface area contributed by atoms with E-state index in [1.54, 1.807) is 31.4 Å². The smallest absolute Gasteiger partial charge is 0.243 e. The number of Topliss-reactive ketones (excluding diaryl/α,β-unsaturated/α-hetero) is 1. The zero-order valence-electron chi connectivity index (χ0n) is 22.5. The minimum atomic E-state index is -0.987. The lowest BCUT2D eigenvalue weighted by atomic mass is 9.94. The minimum absolute atomic E-state index is 0.0732. The fourth-order valence-corrected chi connectivity index (χ4v) is 5.23. The summed E-state index contributed by atoms with van der Waals surface area (Å²) in [5, 5.41) is 10.9. The van der Waals surface area contributed by atoms with E-state index in [9.17, 15) is 24.0 Å². The van der Waals surface area contributed by atoms with Crippen LogP contribution in [0, 0.1) is 11.8 Å². The van der Waals surface area contributed by atoms with Crippen LogP contribution in [0.15, 0.2) is 24.3 Å². The van der Waals surface area contributed by atoms with Crippen LogP contribution in [0.1, 0.15) is 51.0 Å². The third-order valence-corrected chi connectivity index (χ3v) is 7.69. The lowest BCUT2D eigenvalue weighted by molar-refractivity contribution is -0.134. The molecule has 0 bridgehead atoms. The molecule has 11 nitrogen and oxygen atoms in total. The molecule has 4 N–H and O–H groups in total. The van der Waals surface area contributed by atoms with Crippen molar-refractivity contribution in [2.75, 3.05) is 20.3 Å². The van der Waals surface area contributed by atoms with Crippen LogP contribution in [-0.4, -0.2) is 73.9 Å². The van der Waals surface area contributed by atoms with Crippen LogP contribution < -0.4 is 26.0 Å². The summed E-state index contributed by atoms with van der Waals surface area (Å²) >= 11 is 0. The number of carbonyl (C=O) groups excluding carboxylic acids is 5. The summed E-state index contributed by atoms with van der Waals surface area (Å²) in [6.07, 6.45) is 4.59. The fourth-order valence-electron chi connectivity index (χ4n) is 5.23. The van der Waals surface area contributed by atoms with E-state index < -0.39 is 47.9 Å². The first-order valence-electron chi connectivity index (χ1n) is 13.7. The number of carbonyl (C=O) groups is 5. The highest BCUT2D eigenvalue weighted by atomic mass is 16.6. The monoisotopic (exact) mass is 542 g/mol. The Hall–Kier alpha value is -3.47. The Morgan fingerprint density at radius 3 is 2.28 bits per heavy atom. The summed E-state index contributed by atoms with van der Waals surface area (Å²) in [5.41, 5.74) is 0.785. The van der Waals surface area contributed by atoms with Crippen LogP contribution in [0.3, 0.4) is 0 Å². The number of amides is 4. The predicted molar refractivity (Wildman–Crippen MR) is 141 cm³/mol. The second-order valence-corrected chi connectivity index (χ2v) is 10.7. The van der Waals surface area contributed by atoms with Crippen LogP contribution in [0.2, 0.25) is 0 Å². The van der Waals surface area contributed by atoms with Crippen molar-refractivity contribution >= 4 is 29.4 Å². The molecule has 1 aliphatic carbocycles. The van der Waals surface area contributed by atoms with E-state index >= 15 is 0 Å². The molecule has 212 valence electrons. The van der Waals surface area contributed by atoms with Crippen molar-refractivity contribution in [3.63, 3.8) is 0 Å². The van der Waals surface area contributed by atoms with Gasteiger partial charge in [0.2, 0.25) is 23.6 Å². The van der Waals surface area contributed by atoms with E-state index in [1.165, 1.54) is 6.92 Å². The zero-order chi connectivity index (χ0) is 27.9.